The molecular weight excluding hydrogens is 406 g/mol. The van der Waals surface area contributed by atoms with Crippen LogP contribution in [-0.2, 0) is 4.79 Å². The van der Waals surface area contributed by atoms with Crippen LogP contribution in [0.4, 0.5) is 5.82 Å². The maximum absolute atomic E-state index is 13.2. The Morgan fingerprint density at radius 1 is 1.28 bits per heavy atom. The summed E-state index contributed by atoms with van der Waals surface area (Å²) in [5.74, 6) is 1.02. The van der Waals surface area contributed by atoms with E-state index >= 15 is 0 Å². The second kappa shape index (κ2) is 7.65. The van der Waals surface area contributed by atoms with Gasteiger partial charge in [-0.1, -0.05) is 56.3 Å². The second-order valence-electron chi connectivity index (χ2n) is 8.43. The molecule has 1 unspecified atom stereocenters. The third-order valence-corrected chi connectivity index (χ3v) is 6.64. The van der Waals surface area contributed by atoms with Crippen LogP contribution < -0.4 is 10.9 Å². The zero-order valence-corrected chi connectivity index (χ0v) is 18.3. The van der Waals surface area contributed by atoms with E-state index in [1.807, 2.05) is 18.2 Å². The Kier molecular flexibility index (Phi) is 5.34. The minimum atomic E-state index is -0.468. The molecule has 0 radical (unpaired) electrons. The summed E-state index contributed by atoms with van der Waals surface area (Å²) in [5.41, 5.74) is 2.51. The normalized spacial score (nSPS) is 20.1. The second-order valence-corrected chi connectivity index (χ2v) is 9.95. The maximum atomic E-state index is 13.2. The number of anilines is 1. The molecule has 152 valence electrons. The molecule has 0 fully saturated rings. The predicted molar refractivity (Wildman–Crippen MR) is 118 cm³/mol. The van der Waals surface area contributed by atoms with Crippen LogP contribution in [0, 0.1) is 5.41 Å². The van der Waals surface area contributed by atoms with Crippen LogP contribution >= 0.6 is 23.4 Å². The molecule has 0 bridgehead atoms. The molecule has 2 N–H and O–H groups in total. The molecule has 0 amide bonds. The van der Waals surface area contributed by atoms with Crippen LogP contribution in [0.5, 0.6) is 0 Å². The van der Waals surface area contributed by atoms with Crippen molar-refractivity contribution in [2.45, 2.75) is 51.1 Å². The molecule has 0 saturated carbocycles. The molecule has 1 aromatic carbocycles. The van der Waals surface area contributed by atoms with E-state index in [4.69, 9.17) is 16.6 Å². The number of carbonyl (C=O) groups excluding carboxylic acids is 1. The molecule has 1 aliphatic heterocycles. The number of aromatic amines is 1. The van der Waals surface area contributed by atoms with Crippen molar-refractivity contribution in [2.24, 2.45) is 5.41 Å². The summed E-state index contributed by atoms with van der Waals surface area (Å²) >= 11 is 7.77. The summed E-state index contributed by atoms with van der Waals surface area (Å²) in [4.78, 5) is 33.9. The molecule has 4 rings (SSSR count). The van der Waals surface area contributed by atoms with Gasteiger partial charge in [0, 0.05) is 34.4 Å². The average Bonchev–Trinajstić information content (AvgIpc) is 2.63. The number of H-pyrrole nitrogens is 1. The van der Waals surface area contributed by atoms with Crippen LogP contribution in [-0.4, -0.2) is 21.5 Å². The summed E-state index contributed by atoms with van der Waals surface area (Å²) in [6.07, 6.45) is 2.17. The lowest BCUT2D eigenvalue weighted by molar-refractivity contribution is -0.118. The Morgan fingerprint density at radius 2 is 2.07 bits per heavy atom. The number of nitrogens with zero attached hydrogens (tertiary/aromatic N) is 1. The monoisotopic (exact) mass is 429 g/mol. The standard InChI is InChI=1S/C22H24ClN3O2S/c1-4-8-29-21-25-19-18(20(28)26-21)16(12-6-5-7-13(23)9-12)17-14(24-19)10-22(2,3)11-15(17)27/h5-7,9,16H,4,8,10-11H2,1-3H3,(H2,24,25,26,28). The number of allylic oxidation sites excluding steroid dienone is 2. The van der Waals surface area contributed by atoms with Gasteiger partial charge < -0.3 is 10.3 Å². The first kappa shape index (κ1) is 20.2. The van der Waals surface area contributed by atoms with Gasteiger partial charge in [0.05, 0.1) is 5.56 Å². The summed E-state index contributed by atoms with van der Waals surface area (Å²) in [7, 11) is 0. The van der Waals surface area contributed by atoms with Crippen molar-refractivity contribution in [3.8, 4) is 0 Å². The molecule has 0 spiro atoms. The number of hydrogen-bond donors (Lipinski definition) is 2. The number of fused-ring (bicyclic) bond motifs is 1. The highest BCUT2D eigenvalue weighted by molar-refractivity contribution is 7.99. The Balaban J connectivity index is 1.92. The number of thioether (sulfide) groups is 1. The van der Waals surface area contributed by atoms with Gasteiger partial charge in [-0.2, -0.15) is 0 Å². The Bertz CT molecular complexity index is 1070. The topological polar surface area (TPSA) is 74.8 Å². The summed E-state index contributed by atoms with van der Waals surface area (Å²) in [6, 6.07) is 7.39. The first-order valence-electron chi connectivity index (χ1n) is 9.85. The highest BCUT2D eigenvalue weighted by atomic mass is 35.5. The number of halogens is 1. The summed E-state index contributed by atoms with van der Waals surface area (Å²) in [6.45, 7) is 6.27. The number of rotatable bonds is 4. The molecule has 1 aliphatic carbocycles. The van der Waals surface area contributed by atoms with Crippen molar-refractivity contribution >= 4 is 35.0 Å². The van der Waals surface area contributed by atoms with Crippen LogP contribution in [0.2, 0.25) is 5.02 Å². The smallest absolute Gasteiger partial charge is 0.257 e. The zero-order chi connectivity index (χ0) is 20.8. The fraction of sp³-hybridized carbons (Fsp3) is 0.409. The number of benzene rings is 1. The number of aromatic nitrogens is 2. The van der Waals surface area contributed by atoms with Gasteiger partial charge in [0.25, 0.3) is 5.56 Å². The molecular formula is C22H24ClN3O2S. The van der Waals surface area contributed by atoms with E-state index in [0.717, 1.165) is 29.9 Å². The van der Waals surface area contributed by atoms with Gasteiger partial charge in [-0.05, 0) is 36.0 Å². The van der Waals surface area contributed by atoms with Crippen molar-refractivity contribution < 1.29 is 4.79 Å². The Hall–Kier alpha value is -2.05. The molecule has 1 aromatic heterocycles. The highest BCUT2D eigenvalue weighted by Gasteiger charge is 2.42. The molecule has 5 nitrogen and oxygen atoms in total. The zero-order valence-electron chi connectivity index (χ0n) is 16.8. The molecule has 2 heterocycles. The van der Waals surface area contributed by atoms with Crippen LogP contribution in [0.15, 0.2) is 45.5 Å². The number of Topliss-reactive ketones (excluding diaryl/α,β-unsaturated/α-hetero) is 1. The van der Waals surface area contributed by atoms with E-state index in [9.17, 15) is 9.59 Å². The van der Waals surface area contributed by atoms with Gasteiger partial charge in [0.1, 0.15) is 5.82 Å². The van der Waals surface area contributed by atoms with Gasteiger partial charge in [-0.15, -0.1) is 0 Å². The third kappa shape index (κ3) is 3.88. The first-order valence-corrected chi connectivity index (χ1v) is 11.2. The fourth-order valence-corrected chi connectivity index (χ4v) is 5.10. The first-order chi connectivity index (χ1) is 13.8. The average molecular weight is 430 g/mol. The van der Waals surface area contributed by atoms with E-state index in [1.165, 1.54) is 11.8 Å². The largest absolute Gasteiger partial charge is 0.343 e. The van der Waals surface area contributed by atoms with E-state index in [2.05, 4.69) is 31.1 Å². The van der Waals surface area contributed by atoms with E-state index in [-0.39, 0.29) is 16.8 Å². The van der Waals surface area contributed by atoms with Gasteiger partial charge in [-0.25, -0.2) is 4.98 Å². The van der Waals surface area contributed by atoms with Gasteiger partial charge in [-0.3, -0.25) is 9.59 Å². The molecule has 1 atom stereocenters. The molecule has 29 heavy (non-hydrogen) atoms. The van der Waals surface area contributed by atoms with Crippen LogP contribution in [0.1, 0.15) is 57.1 Å². The number of carbonyl (C=O) groups is 1. The molecule has 2 aromatic rings. The fourth-order valence-electron chi connectivity index (χ4n) is 4.18. The predicted octanol–water partition coefficient (Wildman–Crippen LogP) is 5.13. The van der Waals surface area contributed by atoms with E-state index in [0.29, 0.717) is 33.6 Å². The summed E-state index contributed by atoms with van der Waals surface area (Å²) < 4.78 is 0. The molecule has 0 saturated heterocycles. The van der Waals surface area contributed by atoms with Gasteiger partial charge in [0.15, 0.2) is 10.9 Å². The van der Waals surface area contributed by atoms with Crippen LogP contribution in [0.3, 0.4) is 0 Å². The Morgan fingerprint density at radius 3 is 2.79 bits per heavy atom. The van der Waals surface area contributed by atoms with E-state index < -0.39 is 5.92 Å². The summed E-state index contributed by atoms with van der Waals surface area (Å²) in [5, 5.41) is 4.51. The number of ketones is 1. The van der Waals surface area contributed by atoms with Crippen molar-refractivity contribution in [2.75, 3.05) is 11.1 Å². The number of nitrogens with one attached hydrogen (secondary N) is 2. The molecule has 7 heteroatoms. The third-order valence-electron chi connectivity index (χ3n) is 5.33. The lowest BCUT2D eigenvalue weighted by Crippen LogP contribution is -2.37. The lowest BCUT2D eigenvalue weighted by atomic mass is 9.69. The SMILES string of the molecule is CCCSc1nc2c(c(=O)[nH]1)C(c1cccc(Cl)c1)C1=C(CC(C)(C)CC1=O)N2. The minimum absolute atomic E-state index is 0.0724. The number of hydrogen-bond acceptors (Lipinski definition) is 5. The van der Waals surface area contributed by atoms with Crippen molar-refractivity contribution in [3.63, 3.8) is 0 Å². The maximum Gasteiger partial charge on any atom is 0.257 e. The van der Waals surface area contributed by atoms with Crippen molar-refractivity contribution in [1.29, 1.82) is 0 Å². The van der Waals surface area contributed by atoms with Gasteiger partial charge in [0.2, 0.25) is 0 Å². The molecule has 2 aliphatic rings. The Labute approximate surface area is 179 Å². The quantitative estimate of drug-likeness (QED) is 0.520. The highest BCUT2D eigenvalue weighted by Crippen LogP contribution is 2.47. The van der Waals surface area contributed by atoms with Crippen molar-refractivity contribution in [1.82, 2.24) is 9.97 Å². The van der Waals surface area contributed by atoms with Crippen molar-refractivity contribution in [3.05, 3.63) is 62.0 Å². The minimum Gasteiger partial charge on any atom is -0.343 e. The lowest BCUT2D eigenvalue weighted by Gasteiger charge is -2.38. The van der Waals surface area contributed by atoms with E-state index in [1.54, 1.807) is 6.07 Å². The van der Waals surface area contributed by atoms with Crippen LogP contribution in [0.25, 0.3) is 0 Å². The van der Waals surface area contributed by atoms with Gasteiger partial charge >= 0.3 is 0 Å².